The molecule has 1 fully saturated rings. The lowest BCUT2D eigenvalue weighted by molar-refractivity contribution is -0.877. The number of benzene rings is 1. The summed E-state index contributed by atoms with van der Waals surface area (Å²) in [5.74, 6) is 0. The fourth-order valence-electron chi connectivity index (χ4n) is 3.05. The molecule has 0 aliphatic carbocycles. The van der Waals surface area contributed by atoms with Crippen LogP contribution in [0.3, 0.4) is 0 Å². The van der Waals surface area contributed by atoms with E-state index in [1.807, 2.05) is 32.9 Å². The molecule has 0 amide bonds. The van der Waals surface area contributed by atoms with Gasteiger partial charge in [0.2, 0.25) is 10.0 Å². The smallest absolute Gasteiger partial charge is 0.243 e. The Labute approximate surface area is 122 Å². The van der Waals surface area contributed by atoms with Crippen LogP contribution in [0.2, 0.25) is 0 Å². The summed E-state index contributed by atoms with van der Waals surface area (Å²) in [7, 11) is -1.24. The summed E-state index contributed by atoms with van der Waals surface area (Å²) in [6.07, 6.45) is 0.926. The van der Waals surface area contributed by atoms with Crippen molar-refractivity contribution in [1.82, 2.24) is 4.31 Å². The molecule has 1 atom stereocenters. The molecule has 1 aromatic rings. The molecular weight excluding hydrogens is 272 g/mol. The van der Waals surface area contributed by atoms with Crippen LogP contribution in [0.25, 0.3) is 0 Å². The third kappa shape index (κ3) is 3.05. The average Bonchev–Trinajstić information content (AvgIpc) is 2.52. The average molecular weight is 297 g/mol. The van der Waals surface area contributed by atoms with Crippen molar-refractivity contribution in [3.8, 4) is 0 Å². The van der Waals surface area contributed by atoms with E-state index in [0.717, 1.165) is 36.2 Å². The molecule has 0 radical (unpaired) electrons. The van der Waals surface area contributed by atoms with Gasteiger partial charge < -0.3 is 4.90 Å². The molecule has 2 rings (SSSR count). The molecular formula is C15H25N2O2S+. The van der Waals surface area contributed by atoms with Crippen LogP contribution in [0.1, 0.15) is 23.1 Å². The topological polar surface area (TPSA) is 41.8 Å². The van der Waals surface area contributed by atoms with Gasteiger partial charge in [0, 0.05) is 13.0 Å². The highest BCUT2D eigenvalue weighted by atomic mass is 32.2. The van der Waals surface area contributed by atoms with E-state index in [1.165, 1.54) is 4.90 Å². The highest BCUT2D eigenvalue weighted by molar-refractivity contribution is 7.89. The molecule has 1 unspecified atom stereocenters. The third-order valence-electron chi connectivity index (χ3n) is 4.00. The zero-order valence-corrected chi connectivity index (χ0v) is 13.7. The van der Waals surface area contributed by atoms with Gasteiger partial charge in [-0.2, -0.15) is 4.31 Å². The quantitative estimate of drug-likeness (QED) is 0.865. The van der Waals surface area contributed by atoms with Crippen LogP contribution in [0.4, 0.5) is 0 Å². The standard InChI is InChI=1S/C15H24N2O2S/c1-12-10-13(2)15(14(3)11-12)20(18,19)17-7-5-6-16(4)8-9-17/h10-11H,5-9H2,1-4H3/p+1. The molecule has 1 aliphatic rings. The van der Waals surface area contributed by atoms with Crippen LogP contribution in [0.5, 0.6) is 0 Å². The van der Waals surface area contributed by atoms with Gasteiger partial charge in [-0.05, 0) is 31.9 Å². The molecule has 4 nitrogen and oxygen atoms in total. The molecule has 0 spiro atoms. The van der Waals surface area contributed by atoms with Crippen LogP contribution < -0.4 is 4.90 Å². The van der Waals surface area contributed by atoms with Crippen molar-refractivity contribution in [2.24, 2.45) is 0 Å². The van der Waals surface area contributed by atoms with Crippen molar-refractivity contribution in [1.29, 1.82) is 0 Å². The summed E-state index contributed by atoms with van der Waals surface area (Å²) >= 11 is 0. The molecule has 112 valence electrons. The second-order valence-corrected chi connectivity index (χ2v) is 7.82. The van der Waals surface area contributed by atoms with Gasteiger partial charge in [0.05, 0.1) is 31.6 Å². The van der Waals surface area contributed by atoms with Gasteiger partial charge in [-0.15, -0.1) is 0 Å². The van der Waals surface area contributed by atoms with Crippen LogP contribution in [-0.4, -0.2) is 45.9 Å². The molecule has 1 aromatic carbocycles. The Kier molecular flexibility index (Phi) is 4.52. The molecule has 0 aromatic heterocycles. The lowest BCUT2D eigenvalue weighted by Gasteiger charge is -2.22. The first-order chi connectivity index (χ1) is 9.32. The molecule has 20 heavy (non-hydrogen) atoms. The number of hydrogen-bond donors (Lipinski definition) is 1. The Morgan fingerprint density at radius 2 is 1.65 bits per heavy atom. The molecule has 5 heteroatoms. The Hall–Kier alpha value is -0.910. The van der Waals surface area contributed by atoms with E-state index in [4.69, 9.17) is 0 Å². The second-order valence-electron chi connectivity index (χ2n) is 5.94. The van der Waals surface area contributed by atoms with E-state index in [-0.39, 0.29) is 0 Å². The molecule has 1 N–H and O–H groups in total. The lowest BCUT2D eigenvalue weighted by atomic mass is 10.1. The van der Waals surface area contributed by atoms with E-state index in [9.17, 15) is 8.42 Å². The zero-order valence-electron chi connectivity index (χ0n) is 12.9. The van der Waals surface area contributed by atoms with E-state index >= 15 is 0 Å². The summed E-state index contributed by atoms with van der Waals surface area (Å²) < 4.78 is 27.5. The van der Waals surface area contributed by atoms with Gasteiger partial charge in [0.1, 0.15) is 0 Å². The molecule has 1 saturated heterocycles. The van der Waals surface area contributed by atoms with Crippen LogP contribution in [-0.2, 0) is 10.0 Å². The minimum absolute atomic E-state index is 0.502. The fraction of sp³-hybridized carbons (Fsp3) is 0.600. The van der Waals surface area contributed by atoms with Gasteiger partial charge in [0.25, 0.3) is 0 Å². The fourth-order valence-corrected chi connectivity index (χ4v) is 4.94. The summed E-state index contributed by atoms with van der Waals surface area (Å²) in [5, 5.41) is 0. The van der Waals surface area contributed by atoms with Crippen molar-refractivity contribution >= 4 is 10.0 Å². The molecule has 0 saturated carbocycles. The molecule has 1 heterocycles. The monoisotopic (exact) mass is 297 g/mol. The molecule has 1 aliphatic heterocycles. The Morgan fingerprint density at radius 3 is 2.25 bits per heavy atom. The summed E-state index contributed by atoms with van der Waals surface area (Å²) in [6, 6.07) is 3.91. The van der Waals surface area contributed by atoms with Crippen molar-refractivity contribution in [2.45, 2.75) is 32.1 Å². The predicted molar refractivity (Wildman–Crippen MR) is 80.6 cm³/mol. The Bertz CT molecular complexity index is 573. The van der Waals surface area contributed by atoms with E-state index in [0.29, 0.717) is 18.0 Å². The van der Waals surface area contributed by atoms with Gasteiger partial charge in [-0.25, -0.2) is 8.42 Å². The number of quaternary nitrogens is 1. The van der Waals surface area contributed by atoms with Crippen LogP contribution >= 0.6 is 0 Å². The zero-order chi connectivity index (χ0) is 14.9. The largest absolute Gasteiger partial charge is 0.336 e. The van der Waals surface area contributed by atoms with Gasteiger partial charge in [0.15, 0.2) is 0 Å². The summed E-state index contributed by atoms with van der Waals surface area (Å²) in [6.45, 7) is 8.94. The summed E-state index contributed by atoms with van der Waals surface area (Å²) in [5.41, 5.74) is 2.82. The highest BCUT2D eigenvalue weighted by Gasteiger charge is 2.29. The number of nitrogens with zero attached hydrogens (tertiary/aromatic N) is 1. The first kappa shape index (κ1) is 15.5. The SMILES string of the molecule is Cc1cc(C)c(S(=O)(=O)N2CCC[NH+](C)CC2)c(C)c1. The summed E-state index contributed by atoms with van der Waals surface area (Å²) in [4.78, 5) is 1.91. The van der Waals surface area contributed by atoms with Crippen molar-refractivity contribution in [3.63, 3.8) is 0 Å². The van der Waals surface area contributed by atoms with E-state index < -0.39 is 10.0 Å². The van der Waals surface area contributed by atoms with E-state index in [2.05, 4.69) is 7.05 Å². The van der Waals surface area contributed by atoms with Crippen LogP contribution in [0, 0.1) is 20.8 Å². The Balaban J connectivity index is 2.40. The van der Waals surface area contributed by atoms with Gasteiger partial charge in [-0.3, -0.25) is 0 Å². The van der Waals surface area contributed by atoms with Crippen molar-refractivity contribution in [3.05, 3.63) is 28.8 Å². The van der Waals surface area contributed by atoms with Gasteiger partial charge in [-0.1, -0.05) is 17.7 Å². The maximum absolute atomic E-state index is 12.9. The minimum atomic E-state index is -3.37. The minimum Gasteiger partial charge on any atom is -0.336 e. The predicted octanol–water partition coefficient (Wildman–Crippen LogP) is 0.521. The highest BCUT2D eigenvalue weighted by Crippen LogP contribution is 2.25. The molecule has 0 bridgehead atoms. The van der Waals surface area contributed by atoms with E-state index in [1.54, 1.807) is 4.31 Å². The maximum atomic E-state index is 12.9. The number of aryl methyl sites for hydroxylation is 3. The van der Waals surface area contributed by atoms with Gasteiger partial charge >= 0.3 is 0 Å². The lowest BCUT2D eigenvalue weighted by Crippen LogP contribution is -3.09. The maximum Gasteiger partial charge on any atom is 0.243 e. The number of sulfonamides is 1. The first-order valence-electron chi connectivity index (χ1n) is 7.21. The second kappa shape index (κ2) is 5.84. The normalized spacial score (nSPS) is 21.7. The number of rotatable bonds is 2. The Morgan fingerprint density at radius 1 is 1.05 bits per heavy atom. The number of likely N-dealkylation sites (N-methyl/N-ethyl adjacent to an activating group) is 1. The van der Waals surface area contributed by atoms with Crippen molar-refractivity contribution < 1.29 is 13.3 Å². The van der Waals surface area contributed by atoms with Crippen LogP contribution in [0.15, 0.2) is 17.0 Å². The third-order valence-corrected chi connectivity index (χ3v) is 6.21. The van der Waals surface area contributed by atoms with Crippen molar-refractivity contribution in [2.75, 3.05) is 33.2 Å². The first-order valence-corrected chi connectivity index (χ1v) is 8.65. The number of nitrogens with one attached hydrogen (secondary N) is 1. The number of hydrogen-bond acceptors (Lipinski definition) is 2.